The van der Waals surface area contributed by atoms with Crippen molar-refractivity contribution in [2.45, 2.75) is 18.1 Å². The Morgan fingerprint density at radius 1 is 1.52 bits per heavy atom. The highest BCUT2D eigenvalue weighted by Gasteiger charge is 2.37. The van der Waals surface area contributed by atoms with E-state index in [1.165, 1.54) is 11.8 Å². The lowest BCUT2D eigenvalue weighted by atomic mass is 10.3. The van der Waals surface area contributed by atoms with Crippen LogP contribution in [0.15, 0.2) is 0 Å². The standard InChI is InChI=1S/C10H17N2O7PS/c1-21-7-6-9(14)12(10(7)15)4-2-8(13)11-3-5-19-20(16,17)18/h7H,2-6H2,1H3,(H,11,13)(H2,16,17,18). The number of carbonyl (C=O) groups is 3. The molecule has 1 heterocycles. The van der Waals surface area contributed by atoms with E-state index in [1.54, 1.807) is 6.26 Å². The van der Waals surface area contributed by atoms with E-state index in [9.17, 15) is 18.9 Å². The molecule has 3 amide bonds. The number of hydrogen-bond donors (Lipinski definition) is 3. The molecule has 21 heavy (non-hydrogen) atoms. The molecular formula is C10H17N2O7PS. The monoisotopic (exact) mass is 340 g/mol. The normalized spacial score (nSPS) is 19.2. The lowest BCUT2D eigenvalue weighted by Crippen LogP contribution is -2.36. The molecule has 11 heteroatoms. The Balaban J connectivity index is 2.26. The zero-order chi connectivity index (χ0) is 16.0. The van der Waals surface area contributed by atoms with Crippen molar-refractivity contribution in [3.63, 3.8) is 0 Å². The minimum atomic E-state index is -4.54. The first kappa shape index (κ1) is 18.1. The van der Waals surface area contributed by atoms with Gasteiger partial charge in [0.25, 0.3) is 0 Å². The maximum Gasteiger partial charge on any atom is 0.469 e. The van der Waals surface area contributed by atoms with Crippen LogP contribution in [0.4, 0.5) is 0 Å². The van der Waals surface area contributed by atoms with Crippen molar-refractivity contribution in [2.75, 3.05) is 26.0 Å². The first-order valence-electron chi connectivity index (χ1n) is 6.08. The highest BCUT2D eigenvalue weighted by atomic mass is 32.2. The maximum atomic E-state index is 11.8. The van der Waals surface area contributed by atoms with Gasteiger partial charge in [-0.05, 0) is 6.26 Å². The molecule has 9 nitrogen and oxygen atoms in total. The number of nitrogens with zero attached hydrogens (tertiary/aromatic N) is 1. The summed E-state index contributed by atoms with van der Waals surface area (Å²) in [6, 6.07) is 0. The Hall–Kier alpha value is -0.930. The molecule has 0 saturated carbocycles. The molecule has 1 rings (SSSR count). The first-order chi connectivity index (χ1) is 9.74. The van der Waals surface area contributed by atoms with Gasteiger partial charge in [0, 0.05) is 25.9 Å². The molecule has 120 valence electrons. The average Bonchev–Trinajstić information content (AvgIpc) is 2.66. The Kier molecular flexibility index (Phi) is 6.82. The molecule has 1 saturated heterocycles. The van der Waals surface area contributed by atoms with Crippen LogP contribution >= 0.6 is 19.6 Å². The van der Waals surface area contributed by atoms with Crippen molar-refractivity contribution in [1.82, 2.24) is 10.2 Å². The van der Waals surface area contributed by atoms with Crippen LogP contribution in [-0.4, -0.2) is 63.6 Å². The molecule has 0 aromatic carbocycles. The van der Waals surface area contributed by atoms with Crippen LogP contribution in [0.3, 0.4) is 0 Å². The van der Waals surface area contributed by atoms with Crippen LogP contribution in [0, 0.1) is 0 Å². The van der Waals surface area contributed by atoms with E-state index < -0.39 is 13.7 Å². The Morgan fingerprint density at radius 2 is 2.19 bits per heavy atom. The molecule has 0 spiro atoms. The molecule has 1 atom stereocenters. The average molecular weight is 340 g/mol. The van der Waals surface area contributed by atoms with Crippen LogP contribution in [0.25, 0.3) is 0 Å². The fraction of sp³-hybridized carbons (Fsp3) is 0.700. The summed E-state index contributed by atoms with van der Waals surface area (Å²) in [5.41, 5.74) is 0. The quantitative estimate of drug-likeness (QED) is 0.294. The molecule has 1 aliphatic rings. The number of likely N-dealkylation sites (tertiary alicyclic amines) is 1. The van der Waals surface area contributed by atoms with E-state index in [0.717, 1.165) is 4.90 Å². The van der Waals surface area contributed by atoms with Gasteiger partial charge in [-0.3, -0.25) is 23.8 Å². The molecule has 3 N–H and O–H groups in total. The van der Waals surface area contributed by atoms with E-state index in [2.05, 4.69) is 9.84 Å². The van der Waals surface area contributed by atoms with Gasteiger partial charge in [0.05, 0.1) is 11.9 Å². The van der Waals surface area contributed by atoms with Crippen LogP contribution in [0.1, 0.15) is 12.8 Å². The second-order valence-electron chi connectivity index (χ2n) is 4.24. The lowest BCUT2D eigenvalue weighted by Gasteiger charge is -2.14. The van der Waals surface area contributed by atoms with Crippen molar-refractivity contribution < 1.29 is 33.3 Å². The third-order valence-corrected chi connectivity index (χ3v) is 4.19. The Bertz CT molecular complexity index is 466. The van der Waals surface area contributed by atoms with Gasteiger partial charge in [-0.2, -0.15) is 11.8 Å². The van der Waals surface area contributed by atoms with Gasteiger partial charge in [0.2, 0.25) is 17.7 Å². The highest BCUT2D eigenvalue weighted by molar-refractivity contribution is 8.00. The lowest BCUT2D eigenvalue weighted by molar-refractivity contribution is -0.138. The smallest absolute Gasteiger partial charge is 0.354 e. The van der Waals surface area contributed by atoms with E-state index in [1.807, 2.05) is 0 Å². The van der Waals surface area contributed by atoms with Crippen LogP contribution in [-0.2, 0) is 23.5 Å². The number of imide groups is 1. The first-order valence-corrected chi connectivity index (χ1v) is 8.90. The van der Waals surface area contributed by atoms with E-state index in [4.69, 9.17) is 9.79 Å². The second kappa shape index (κ2) is 7.90. The summed E-state index contributed by atoms with van der Waals surface area (Å²) < 4.78 is 14.5. The topological polar surface area (TPSA) is 133 Å². The number of amides is 3. The van der Waals surface area contributed by atoms with Crippen molar-refractivity contribution >= 4 is 37.3 Å². The molecular weight excluding hydrogens is 323 g/mol. The predicted molar refractivity (Wildman–Crippen MR) is 74.3 cm³/mol. The van der Waals surface area contributed by atoms with Gasteiger partial charge in [-0.15, -0.1) is 0 Å². The number of rotatable bonds is 8. The molecule has 1 aliphatic heterocycles. The van der Waals surface area contributed by atoms with E-state index in [-0.39, 0.29) is 49.6 Å². The molecule has 0 radical (unpaired) electrons. The number of hydrogen-bond acceptors (Lipinski definition) is 6. The molecule has 0 aromatic rings. The summed E-state index contributed by atoms with van der Waals surface area (Å²) in [6.07, 6.45) is 1.83. The fourth-order valence-corrected chi connectivity index (χ4v) is 2.70. The summed E-state index contributed by atoms with van der Waals surface area (Å²) >= 11 is 1.30. The zero-order valence-corrected chi connectivity index (χ0v) is 13.1. The van der Waals surface area contributed by atoms with Crippen LogP contribution < -0.4 is 5.32 Å². The van der Waals surface area contributed by atoms with E-state index >= 15 is 0 Å². The van der Waals surface area contributed by atoms with Gasteiger partial charge in [0.1, 0.15) is 0 Å². The summed E-state index contributed by atoms with van der Waals surface area (Å²) in [5.74, 6) is -1.01. The van der Waals surface area contributed by atoms with Crippen molar-refractivity contribution in [3.8, 4) is 0 Å². The number of phosphoric ester groups is 1. The fourth-order valence-electron chi connectivity index (χ4n) is 1.73. The predicted octanol–water partition coefficient (Wildman–Crippen LogP) is -0.907. The minimum absolute atomic E-state index is 0.0000891. The van der Waals surface area contributed by atoms with Crippen molar-refractivity contribution in [1.29, 1.82) is 0 Å². The molecule has 0 aromatic heterocycles. The third kappa shape index (κ3) is 6.15. The SMILES string of the molecule is CSC1CC(=O)N(CCC(=O)NCCOP(=O)(O)O)C1=O. The third-order valence-electron chi connectivity index (χ3n) is 2.73. The maximum absolute atomic E-state index is 11.8. The summed E-state index contributed by atoms with van der Waals surface area (Å²) in [6.45, 7) is -0.397. The Morgan fingerprint density at radius 3 is 2.71 bits per heavy atom. The van der Waals surface area contributed by atoms with Gasteiger partial charge in [-0.1, -0.05) is 0 Å². The van der Waals surface area contributed by atoms with Crippen molar-refractivity contribution in [3.05, 3.63) is 0 Å². The summed E-state index contributed by atoms with van der Waals surface area (Å²) in [5, 5.41) is 1.99. The van der Waals surface area contributed by atoms with Gasteiger partial charge in [-0.25, -0.2) is 4.57 Å². The Labute approximate surface area is 125 Å². The second-order valence-corrected chi connectivity index (χ2v) is 6.52. The molecule has 1 unspecified atom stereocenters. The number of thioether (sulfide) groups is 1. The van der Waals surface area contributed by atoms with Crippen molar-refractivity contribution in [2.24, 2.45) is 0 Å². The highest BCUT2D eigenvalue weighted by Crippen LogP contribution is 2.35. The van der Waals surface area contributed by atoms with Crippen LogP contribution in [0.2, 0.25) is 0 Å². The summed E-state index contributed by atoms with van der Waals surface area (Å²) in [4.78, 5) is 52.8. The number of nitrogens with one attached hydrogen (secondary N) is 1. The van der Waals surface area contributed by atoms with Crippen LogP contribution in [0.5, 0.6) is 0 Å². The molecule has 0 aliphatic carbocycles. The summed E-state index contributed by atoms with van der Waals surface area (Å²) in [7, 11) is -4.54. The molecule has 1 fully saturated rings. The van der Waals surface area contributed by atoms with Gasteiger partial charge >= 0.3 is 7.82 Å². The van der Waals surface area contributed by atoms with Gasteiger partial charge in [0.15, 0.2) is 0 Å². The zero-order valence-electron chi connectivity index (χ0n) is 11.4. The van der Waals surface area contributed by atoms with E-state index in [0.29, 0.717) is 0 Å². The minimum Gasteiger partial charge on any atom is -0.354 e. The molecule has 0 bridgehead atoms. The van der Waals surface area contributed by atoms with Gasteiger partial charge < -0.3 is 15.1 Å². The number of carbonyl (C=O) groups excluding carboxylic acids is 3. The number of phosphoric acid groups is 1. The largest absolute Gasteiger partial charge is 0.469 e.